The van der Waals surface area contributed by atoms with Crippen molar-refractivity contribution >= 4 is 5.91 Å². The van der Waals surface area contributed by atoms with Gasteiger partial charge in [0.15, 0.2) is 11.5 Å². The lowest BCUT2D eigenvalue weighted by molar-refractivity contribution is -0.126. The molecule has 6 nitrogen and oxygen atoms in total. The summed E-state index contributed by atoms with van der Waals surface area (Å²) in [6, 6.07) is 5.76. The number of carbonyl (C=O) groups excluding carboxylic acids is 1. The van der Waals surface area contributed by atoms with Crippen LogP contribution in [0.4, 0.5) is 0 Å². The second kappa shape index (κ2) is 9.78. The number of carbonyl (C=O) groups is 1. The Labute approximate surface area is 157 Å². The van der Waals surface area contributed by atoms with Gasteiger partial charge in [0.25, 0.3) is 0 Å². The molecule has 26 heavy (non-hydrogen) atoms. The Balaban J connectivity index is 1.89. The van der Waals surface area contributed by atoms with Crippen LogP contribution in [0, 0.1) is 0 Å². The van der Waals surface area contributed by atoms with Crippen LogP contribution >= 0.6 is 0 Å². The van der Waals surface area contributed by atoms with Gasteiger partial charge in [0, 0.05) is 13.1 Å². The van der Waals surface area contributed by atoms with Gasteiger partial charge in [-0.1, -0.05) is 32.8 Å². The van der Waals surface area contributed by atoms with E-state index in [1.165, 1.54) is 0 Å². The van der Waals surface area contributed by atoms with Crippen molar-refractivity contribution in [2.45, 2.75) is 51.6 Å². The molecule has 146 valence electrons. The van der Waals surface area contributed by atoms with E-state index in [9.17, 15) is 4.79 Å². The van der Waals surface area contributed by atoms with Gasteiger partial charge in [0.1, 0.15) is 6.61 Å². The minimum absolute atomic E-state index is 0.0616. The van der Waals surface area contributed by atoms with Crippen LogP contribution in [0.3, 0.4) is 0 Å². The fourth-order valence-corrected chi connectivity index (χ4v) is 3.36. The van der Waals surface area contributed by atoms with Gasteiger partial charge in [-0.15, -0.1) is 0 Å². The smallest absolute Gasteiger partial charge is 0.240 e. The fourth-order valence-electron chi connectivity index (χ4n) is 3.36. The highest BCUT2D eigenvalue weighted by molar-refractivity contribution is 5.86. The molecule has 1 saturated carbocycles. The summed E-state index contributed by atoms with van der Waals surface area (Å²) in [7, 11) is 1.63. The summed E-state index contributed by atoms with van der Waals surface area (Å²) >= 11 is 0. The summed E-state index contributed by atoms with van der Waals surface area (Å²) in [5.74, 6) is 1.34. The molecule has 1 aliphatic carbocycles. The lowest BCUT2D eigenvalue weighted by atomic mass is 9.98. The van der Waals surface area contributed by atoms with E-state index >= 15 is 0 Å². The molecule has 0 atom stereocenters. The van der Waals surface area contributed by atoms with Gasteiger partial charge in [0.05, 0.1) is 12.6 Å². The number of amides is 1. The van der Waals surface area contributed by atoms with Crippen molar-refractivity contribution in [2.24, 2.45) is 5.73 Å². The predicted octanol–water partition coefficient (Wildman–Crippen LogP) is 2.30. The minimum atomic E-state index is -0.697. The second-order valence-corrected chi connectivity index (χ2v) is 6.91. The maximum Gasteiger partial charge on any atom is 0.240 e. The van der Waals surface area contributed by atoms with Crippen LogP contribution in [0.1, 0.15) is 45.1 Å². The Hall–Kier alpha value is -1.79. The molecule has 0 bridgehead atoms. The number of nitrogens with one attached hydrogen (secondary N) is 1. The van der Waals surface area contributed by atoms with Crippen molar-refractivity contribution in [3.05, 3.63) is 23.8 Å². The zero-order valence-electron chi connectivity index (χ0n) is 16.3. The largest absolute Gasteiger partial charge is 0.493 e. The van der Waals surface area contributed by atoms with Crippen molar-refractivity contribution in [3.63, 3.8) is 0 Å². The molecule has 1 aromatic rings. The summed E-state index contributed by atoms with van der Waals surface area (Å²) in [6.45, 7) is 8.25. The van der Waals surface area contributed by atoms with Crippen LogP contribution in [0.5, 0.6) is 11.5 Å². The van der Waals surface area contributed by atoms with Crippen molar-refractivity contribution in [3.8, 4) is 11.5 Å². The third kappa shape index (κ3) is 5.35. The average Bonchev–Trinajstić information content (AvgIpc) is 3.11. The monoisotopic (exact) mass is 363 g/mol. The molecule has 0 aromatic heterocycles. The Morgan fingerprint density at radius 3 is 2.54 bits per heavy atom. The van der Waals surface area contributed by atoms with Crippen LogP contribution in [-0.4, -0.2) is 49.7 Å². The van der Waals surface area contributed by atoms with Crippen molar-refractivity contribution < 1.29 is 14.3 Å². The molecule has 1 amide bonds. The van der Waals surface area contributed by atoms with E-state index in [1.54, 1.807) is 7.11 Å². The van der Waals surface area contributed by atoms with Gasteiger partial charge < -0.3 is 25.4 Å². The molecule has 1 fully saturated rings. The summed E-state index contributed by atoms with van der Waals surface area (Å²) in [6.07, 6.45) is 3.58. The van der Waals surface area contributed by atoms with E-state index in [-0.39, 0.29) is 5.91 Å². The maximum absolute atomic E-state index is 12.3. The van der Waals surface area contributed by atoms with E-state index < -0.39 is 5.54 Å². The molecular formula is C20H33N3O3. The average molecular weight is 364 g/mol. The molecule has 1 aliphatic rings. The van der Waals surface area contributed by atoms with Crippen molar-refractivity contribution in [2.75, 3.05) is 33.4 Å². The van der Waals surface area contributed by atoms with Crippen LogP contribution < -0.4 is 20.5 Å². The lowest BCUT2D eigenvalue weighted by Crippen LogP contribution is -2.51. The normalized spacial score (nSPS) is 15.9. The van der Waals surface area contributed by atoms with Crippen LogP contribution in [0.15, 0.2) is 18.2 Å². The standard InChI is InChI=1S/C20H33N3O3/c1-4-23(5-2)12-13-26-17-9-8-16(14-18(17)25-3)15-22-19(24)20(21)10-6-7-11-20/h8-9,14H,4-7,10-13,15,21H2,1-3H3,(H,22,24). The number of likely N-dealkylation sites (N-methyl/N-ethyl adjacent to an activating group) is 1. The number of nitrogens with zero attached hydrogens (tertiary/aromatic N) is 1. The Morgan fingerprint density at radius 1 is 1.23 bits per heavy atom. The molecule has 0 heterocycles. The zero-order chi connectivity index (χ0) is 19.0. The third-order valence-electron chi connectivity index (χ3n) is 5.19. The number of rotatable bonds is 10. The molecule has 0 radical (unpaired) electrons. The molecule has 2 rings (SSSR count). The molecular weight excluding hydrogens is 330 g/mol. The molecule has 0 aliphatic heterocycles. The van der Waals surface area contributed by atoms with Gasteiger partial charge in [-0.25, -0.2) is 0 Å². The fraction of sp³-hybridized carbons (Fsp3) is 0.650. The predicted molar refractivity (Wildman–Crippen MR) is 104 cm³/mol. The molecule has 1 aromatic carbocycles. The highest BCUT2D eigenvalue weighted by atomic mass is 16.5. The summed E-state index contributed by atoms with van der Waals surface area (Å²) in [4.78, 5) is 14.6. The first-order chi connectivity index (χ1) is 12.5. The van der Waals surface area contributed by atoms with Crippen molar-refractivity contribution in [1.82, 2.24) is 10.2 Å². The first kappa shape index (κ1) is 20.5. The van der Waals surface area contributed by atoms with Gasteiger partial charge >= 0.3 is 0 Å². The Kier molecular flexibility index (Phi) is 7.72. The van der Waals surface area contributed by atoms with E-state index in [0.29, 0.717) is 18.9 Å². The van der Waals surface area contributed by atoms with Gasteiger partial charge in [0.2, 0.25) is 5.91 Å². The summed E-state index contributed by atoms with van der Waals surface area (Å²) < 4.78 is 11.3. The molecule has 0 spiro atoms. The third-order valence-corrected chi connectivity index (χ3v) is 5.19. The number of methoxy groups -OCH3 is 1. The topological polar surface area (TPSA) is 76.8 Å². The Morgan fingerprint density at radius 2 is 1.92 bits per heavy atom. The van der Waals surface area contributed by atoms with Crippen molar-refractivity contribution in [1.29, 1.82) is 0 Å². The molecule has 3 N–H and O–H groups in total. The first-order valence-corrected chi connectivity index (χ1v) is 9.61. The van der Waals surface area contributed by atoms with E-state index in [2.05, 4.69) is 24.1 Å². The number of hydrogen-bond donors (Lipinski definition) is 2. The van der Waals surface area contributed by atoms with Crippen LogP contribution in [0.25, 0.3) is 0 Å². The lowest BCUT2D eigenvalue weighted by Gasteiger charge is -2.22. The highest BCUT2D eigenvalue weighted by Gasteiger charge is 2.36. The number of hydrogen-bond acceptors (Lipinski definition) is 5. The highest BCUT2D eigenvalue weighted by Crippen LogP contribution is 2.29. The van der Waals surface area contributed by atoms with Crippen LogP contribution in [0.2, 0.25) is 0 Å². The number of ether oxygens (including phenoxy) is 2. The molecule has 0 unspecified atom stereocenters. The Bertz CT molecular complexity index is 582. The van der Waals surface area contributed by atoms with Gasteiger partial charge in [-0.2, -0.15) is 0 Å². The van der Waals surface area contributed by atoms with Gasteiger partial charge in [-0.05, 0) is 43.6 Å². The van der Waals surface area contributed by atoms with Crippen LogP contribution in [-0.2, 0) is 11.3 Å². The van der Waals surface area contributed by atoms with E-state index in [1.807, 2.05) is 18.2 Å². The summed E-state index contributed by atoms with van der Waals surface area (Å²) in [5, 5.41) is 2.96. The van der Waals surface area contributed by atoms with E-state index in [0.717, 1.165) is 56.6 Å². The minimum Gasteiger partial charge on any atom is -0.493 e. The molecule has 6 heteroatoms. The quantitative estimate of drug-likeness (QED) is 0.667. The molecule has 0 saturated heterocycles. The second-order valence-electron chi connectivity index (χ2n) is 6.91. The van der Waals surface area contributed by atoms with E-state index in [4.69, 9.17) is 15.2 Å². The van der Waals surface area contributed by atoms with Gasteiger partial charge in [-0.3, -0.25) is 4.79 Å². The zero-order valence-corrected chi connectivity index (χ0v) is 16.3. The summed E-state index contributed by atoms with van der Waals surface area (Å²) in [5.41, 5.74) is 6.46. The number of nitrogens with two attached hydrogens (primary N) is 1. The number of benzene rings is 1. The first-order valence-electron chi connectivity index (χ1n) is 9.61. The maximum atomic E-state index is 12.3. The SMILES string of the molecule is CCN(CC)CCOc1ccc(CNC(=O)C2(N)CCCC2)cc1OC.